The molecule has 0 aromatic carbocycles. The van der Waals surface area contributed by atoms with Gasteiger partial charge in [-0.25, -0.2) is 19.3 Å². The molecular formula is C17H14I2N6O. The van der Waals surface area contributed by atoms with Gasteiger partial charge in [0.15, 0.2) is 17.1 Å². The molecular weight excluding hydrogens is 558 g/mol. The van der Waals surface area contributed by atoms with Gasteiger partial charge in [0.1, 0.15) is 12.1 Å². The van der Waals surface area contributed by atoms with Crippen molar-refractivity contribution in [1.29, 1.82) is 0 Å². The summed E-state index contributed by atoms with van der Waals surface area (Å²) in [5.74, 6) is 0.00122. The molecule has 7 nitrogen and oxygen atoms in total. The van der Waals surface area contributed by atoms with Crippen LogP contribution in [0.2, 0.25) is 0 Å². The molecule has 4 aromatic rings. The van der Waals surface area contributed by atoms with E-state index < -0.39 is 12.1 Å². The highest BCUT2D eigenvalue weighted by atomic mass is 127. The highest BCUT2D eigenvalue weighted by Gasteiger charge is 2.27. The summed E-state index contributed by atoms with van der Waals surface area (Å²) in [6.45, 7) is 3.69. The molecule has 0 spiro atoms. The van der Waals surface area contributed by atoms with E-state index >= 15 is 0 Å². The average molecular weight is 572 g/mol. The third kappa shape index (κ3) is 2.80. The van der Waals surface area contributed by atoms with Gasteiger partial charge in [0.05, 0.1) is 23.2 Å². The molecule has 2 unspecified atom stereocenters. The van der Waals surface area contributed by atoms with E-state index in [4.69, 9.17) is 0 Å². The molecule has 26 heavy (non-hydrogen) atoms. The topological polar surface area (TPSA) is 78.5 Å². The first-order chi connectivity index (χ1) is 12.5. The van der Waals surface area contributed by atoms with Gasteiger partial charge < -0.3 is 0 Å². The SMILES string of the molecule is CC(C(=O)C(C)n1ncc2c(I)ccnc21)n1ncc2c(I)ccnc21. The number of aromatic nitrogens is 6. The van der Waals surface area contributed by atoms with Crippen molar-refractivity contribution in [2.75, 3.05) is 0 Å². The number of carbonyl (C=O) groups is 1. The molecule has 0 aliphatic carbocycles. The van der Waals surface area contributed by atoms with Crippen molar-refractivity contribution in [3.8, 4) is 0 Å². The summed E-state index contributed by atoms with van der Waals surface area (Å²) in [7, 11) is 0. The quantitative estimate of drug-likeness (QED) is 0.348. The van der Waals surface area contributed by atoms with Gasteiger partial charge in [-0.15, -0.1) is 0 Å². The molecule has 4 heterocycles. The molecule has 9 heteroatoms. The minimum absolute atomic E-state index is 0.00122. The van der Waals surface area contributed by atoms with Crippen LogP contribution in [0.3, 0.4) is 0 Å². The van der Waals surface area contributed by atoms with E-state index in [0.717, 1.165) is 17.9 Å². The first-order valence-corrected chi connectivity index (χ1v) is 10.1. The number of carbonyl (C=O) groups excluding carboxylic acids is 1. The standard InChI is InChI=1S/C17H14I2N6O/c1-9(24-16-11(7-22-24)13(18)3-5-20-16)15(26)10(2)25-17-12(8-23-25)14(19)4-6-21-17/h3-10H,1-2H3. The van der Waals surface area contributed by atoms with Gasteiger partial charge >= 0.3 is 0 Å². The van der Waals surface area contributed by atoms with Crippen molar-refractivity contribution in [3.63, 3.8) is 0 Å². The summed E-state index contributed by atoms with van der Waals surface area (Å²) in [6.07, 6.45) is 6.98. The van der Waals surface area contributed by atoms with Gasteiger partial charge in [-0.05, 0) is 71.2 Å². The number of hydrogen-bond acceptors (Lipinski definition) is 5. The van der Waals surface area contributed by atoms with Crippen LogP contribution in [0.4, 0.5) is 0 Å². The van der Waals surface area contributed by atoms with Gasteiger partial charge in [0, 0.05) is 19.5 Å². The van der Waals surface area contributed by atoms with Gasteiger partial charge in [0.2, 0.25) is 0 Å². The van der Waals surface area contributed by atoms with Crippen LogP contribution in [0.25, 0.3) is 22.1 Å². The number of nitrogens with zero attached hydrogens (tertiary/aromatic N) is 6. The molecule has 0 saturated heterocycles. The third-order valence-electron chi connectivity index (χ3n) is 4.45. The molecule has 0 fully saturated rings. The Morgan fingerprint density at radius 1 is 0.885 bits per heavy atom. The predicted molar refractivity (Wildman–Crippen MR) is 115 cm³/mol. The lowest BCUT2D eigenvalue weighted by molar-refractivity contribution is -0.124. The average Bonchev–Trinajstić information content (AvgIpc) is 3.26. The van der Waals surface area contributed by atoms with Crippen LogP contribution in [-0.4, -0.2) is 35.3 Å². The van der Waals surface area contributed by atoms with Crippen molar-refractivity contribution in [1.82, 2.24) is 29.5 Å². The molecule has 0 bridgehead atoms. The number of pyridine rings is 2. The molecule has 0 amide bonds. The lowest BCUT2D eigenvalue weighted by Gasteiger charge is -2.18. The van der Waals surface area contributed by atoms with Crippen LogP contribution < -0.4 is 0 Å². The Balaban J connectivity index is 1.71. The Bertz CT molecular complexity index is 1050. The van der Waals surface area contributed by atoms with Crippen LogP contribution in [-0.2, 0) is 4.79 Å². The Kier molecular flexibility index (Phi) is 4.67. The maximum Gasteiger partial charge on any atom is 0.181 e. The van der Waals surface area contributed by atoms with Crippen LogP contribution in [0.5, 0.6) is 0 Å². The number of ketones is 1. The molecule has 0 saturated carbocycles. The lowest BCUT2D eigenvalue weighted by atomic mass is 10.1. The Morgan fingerprint density at radius 2 is 1.31 bits per heavy atom. The molecule has 0 radical (unpaired) electrons. The fourth-order valence-electron chi connectivity index (χ4n) is 2.99. The molecule has 0 aliphatic rings. The van der Waals surface area contributed by atoms with Gasteiger partial charge in [-0.2, -0.15) is 10.2 Å². The van der Waals surface area contributed by atoms with E-state index in [0.29, 0.717) is 11.3 Å². The van der Waals surface area contributed by atoms with Crippen LogP contribution in [0.15, 0.2) is 36.9 Å². The molecule has 0 aliphatic heterocycles. The fraction of sp³-hybridized carbons (Fsp3) is 0.235. The molecule has 0 N–H and O–H groups in total. The second kappa shape index (κ2) is 6.83. The number of hydrogen-bond donors (Lipinski definition) is 0. The second-order valence-electron chi connectivity index (χ2n) is 5.99. The molecule has 4 aromatic heterocycles. The number of fused-ring (bicyclic) bond motifs is 2. The van der Waals surface area contributed by atoms with Gasteiger partial charge in [-0.1, -0.05) is 0 Å². The van der Waals surface area contributed by atoms with Crippen molar-refractivity contribution in [2.45, 2.75) is 25.9 Å². The summed E-state index contributed by atoms with van der Waals surface area (Å²) in [4.78, 5) is 21.9. The number of rotatable bonds is 4. The van der Waals surface area contributed by atoms with Gasteiger partial charge in [0.25, 0.3) is 0 Å². The third-order valence-corrected chi connectivity index (χ3v) is 6.33. The minimum atomic E-state index is -0.463. The zero-order valence-electron chi connectivity index (χ0n) is 14.0. The van der Waals surface area contributed by atoms with Crippen molar-refractivity contribution in [2.24, 2.45) is 0 Å². The zero-order valence-corrected chi connectivity index (χ0v) is 18.3. The highest BCUT2D eigenvalue weighted by molar-refractivity contribution is 14.1. The van der Waals surface area contributed by atoms with E-state index in [1.54, 1.807) is 34.2 Å². The summed E-state index contributed by atoms with van der Waals surface area (Å²) in [5, 5.41) is 10.7. The molecule has 2 atom stereocenters. The van der Waals surface area contributed by atoms with E-state index in [2.05, 4.69) is 65.3 Å². The first kappa shape index (κ1) is 17.8. The van der Waals surface area contributed by atoms with Crippen LogP contribution in [0.1, 0.15) is 25.9 Å². The van der Waals surface area contributed by atoms with Crippen molar-refractivity contribution in [3.05, 3.63) is 44.1 Å². The summed E-state index contributed by atoms with van der Waals surface area (Å²) < 4.78 is 5.48. The van der Waals surface area contributed by atoms with Crippen molar-refractivity contribution >= 4 is 73.0 Å². The number of halogens is 2. The minimum Gasteiger partial charge on any atom is -0.295 e. The lowest BCUT2D eigenvalue weighted by Crippen LogP contribution is -2.26. The highest BCUT2D eigenvalue weighted by Crippen LogP contribution is 2.26. The molecule has 132 valence electrons. The number of Topliss-reactive ketones (excluding diaryl/α,β-unsaturated/α-hetero) is 1. The normalized spacial score (nSPS) is 14.0. The largest absolute Gasteiger partial charge is 0.295 e. The zero-order chi connectivity index (χ0) is 18.4. The maximum absolute atomic E-state index is 13.1. The smallest absolute Gasteiger partial charge is 0.181 e. The Labute approximate surface area is 176 Å². The van der Waals surface area contributed by atoms with Gasteiger partial charge in [-0.3, -0.25) is 4.79 Å². The summed E-state index contributed by atoms with van der Waals surface area (Å²) in [5.41, 5.74) is 1.42. The summed E-state index contributed by atoms with van der Waals surface area (Å²) in [6, 6.07) is 2.92. The Morgan fingerprint density at radius 3 is 1.73 bits per heavy atom. The van der Waals surface area contributed by atoms with E-state index in [-0.39, 0.29) is 5.78 Å². The fourth-order valence-corrected chi connectivity index (χ4v) is 4.07. The van der Waals surface area contributed by atoms with E-state index in [9.17, 15) is 4.79 Å². The monoisotopic (exact) mass is 572 g/mol. The maximum atomic E-state index is 13.1. The van der Waals surface area contributed by atoms with Crippen molar-refractivity contribution < 1.29 is 4.79 Å². The van der Waals surface area contributed by atoms with E-state index in [1.165, 1.54) is 0 Å². The first-order valence-electron chi connectivity index (χ1n) is 7.98. The Hall–Kier alpha value is -1.63. The van der Waals surface area contributed by atoms with Crippen LogP contribution >= 0.6 is 45.2 Å². The summed E-state index contributed by atoms with van der Waals surface area (Å²) >= 11 is 4.49. The second-order valence-corrected chi connectivity index (χ2v) is 8.32. The predicted octanol–water partition coefficient (Wildman–Crippen LogP) is 3.78. The van der Waals surface area contributed by atoms with Crippen LogP contribution in [0, 0.1) is 7.14 Å². The molecule has 4 rings (SSSR count). The van der Waals surface area contributed by atoms with E-state index in [1.807, 2.05) is 26.0 Å².